The zero-order valence-corrected chi connectivity index (χ0v) is 9.32. The van der Waals surface area contributed by atoms with Crippen LogP contribution in [-0.4, -0.2) is 24.8 Å². The van der Waals surface area contributed by atoms with Crippen LogP contribution in [-0.2, 0) is 4.74 Å². The number of rotatable bonds is 5. The van der Waals surface area contributed by atoms with Crippen LogP contribution in [0.15, 0.2) is 24.8 Å². The first-order valence-corrected chi connectivity index (χ1v) is 4.83. The Hall–Kier alpha value is -1.97. The minimum atomic E-state index is -0.994. The topological polar surface area (TPSA) is 55.8 Å². The molecule has 16 heavy (non-hydrogen) atoms. The average Bonchev–Trinajstić information content (AvgIpc) is 2.28. The van der Waals surface area contributed by atoms with E-state index in [0.29, 0.717) is 23.7 Å². The van der Waals surface area contributed by atoms with Crippen LogP contribution in [0.1, 0.15) is 22.8 Å². The first-order valence-electron chi connectivity index (χ1n) is 4.83. The molecule has 0 heterocycles. The van der Waals surface area contributed by atoms with E-state index < -0.39 is 5.97 Å². The van der Waals surface area contributed by atoms with E-state index in [1.54, 1.807) is 6.07 Å². The fraction of sp³-hybridized carbons (Fsp3) is 0.250. The summed E-state index contributed by atoms with van der Waals surface area (Å²) < 4.78 is 10.3. The second-order valence-corrected chi connectivity index (χ2v) is 3.08. The van der Waals surface area contributed by atoms with Crippen LogP contribution in [0.4, 0.5) is 0 Å². The second-order valence-electron chi connectivity index (χ2n) is 3.08. The van der Waals surface area contributed by atoms with Crippen LogP contribution >= 0.6 is 0 Å². The van der Waals surface area contributed by atoms with Crippen molar-refractivity contribution in [3.8, 4) is 5.75 Å². The standard InChI is InChI=1S/C12H14O4/c1-4-16-8(2)10-6-5-9(12(13)14)7-11(10)15-3/h5-7H,2,4H2,1,3H3,(H,13,14). The van der Waals surface area contributed by atoms with E-state index in [0.717, 1.165) is 0 Å². The Kier molecular flexibility index (Phi) is 3.94. The average molecular weight is 222 g/mol. The Balaban J connectivity index is 3.11. The Morgan fingerprint density at radius 1 is 1.50 bits per heavy atom. The fourth-order valence-corrected chi connectivity index (χ4v) is 1.31. The summed E-state index contributed by atoms with van der Waals surface area (Å²) in [5.74, 6) is -0.0819. The molecule has 86 valence electrons. The van der Waals surface area contributed by atoms with Gasteiger partial charge in [0.05, 0.1) is 24.8 Å². The minimum absolute atomic E-state index is 0.171. The molecule has 1 aromatic carbocycles. The molecule has 0 unspecified atom stereocenters. The van der Waals surface area contributed by atoms with Crippen molar-refractivity contribution in [1.82, 2.24) is 0 Å². The highest BCUT2D eigenvalue weighted by atomic mass is 16.5. The van der Waals surface area contributed by atoms with Gasteiger partial charge >= 0.3 is 5.97 Å². The van der Waals surface area contributed by atoms with Gasteiger partial charge in [-0.3, -0.25) is 0 Å². The van der Waals surface area contributed by atoms with E-state index in [1.165, 1.54) is 19.2 Å². The molecule has 4 heteroatoms. The van der Waals surface area contributed by atoms with Gasteiger partial charge in [-0.15, -0.1) is 0 Å². The van der Waals surface area contributed by atoms with Gasteiger partial charge < -0.3 is 14.6 Å². The van der Waals surface area contributed by atoms with Gasteiger partial charge in [0.1, 0.15) is 11.5 Å². The molecule has 1 rings (SSSR count). The van der Waals surface area contributed by atoms with Crippen molar-refractivity contribution in [2.75, 3.05) is 13.7 Å². The molecule has 1 N–H and O–H groups in total. The van der Waals surface area contributed by atoms with Crippen molar-refractivity contribution in [1.29, 1.82) is 0 Å². The number of carboxylic acids is 1. The quantitative estimate of drug-likeness (QED) is 0.777. The van der Waals surface area contributed by atoms with E-state index in [4.69, 9.17) is 14.6 Å². The molecule has 0 aromatic heterocycles. The van der Waals surface area contributed by atoms with E-state index in [-0.39, 0.29) is 5.56 Å². The Bertz CT molecular complexity index is 409. The lowest BCUT2D eigenvalue weighted by molar-refractivity contribution is 0.0696. The van der Waals surface area contributed by atoms with Crippen molar-refractivity contribution >= 4 is 11.7 Å². The van der Waals surface area contributed by atoms with Gasteiger partial charge in [0.2, 0.25) is 0 Å². The van der Waals surface area contributed by atoms with Gasteiger partial charge in [0.15, 0.2) is 0 Å². The lowest BCUT2D eigenvalue weighted by Crippen LogP contribution is -2.00. The molecular formula is C12H14O4. The van der Waals surface area contributed by atoms with Gasteiger partial charge in [0, 0.05) is 0 Å². The van der Waals surface area contributed by atoms with E-state index in [1.807, 2.05) is 6.92 Å². The summed E-state index contributed by atoms with van der Waals surface area (Å²) in [6, 6.07) is 4.56. The third-order valence-electron chi connectivity index (χ3n) is 2.07. The smallest absolute Gasteiger partial charge is 0.335 e. The summed E-state index contributed by atoms with van der Waals surface area (Å²) >= 11 is 0. The molecule has 0 saturated heterocycles. The number of ether oxygens (including phenoxy) is 2. The Labute approximate surface area is 94.1 Å². The molecular weight excluding hydrogens is 208 g/mol. The van der Waals surface area contributed by atoms with Crippen molar-refractivity contribution < 1.29 is 19.4 Å². The minimum Gasteiger partial charge on any atom is -0.496 e. The molecule has 0 atom stereocenters. The SMILES string of the molecule is C=C(OCC)c1ccc(C(=O)O)cc1OC. The third kappa shape index (κ3) is 2.53. The molecule has 0 amide bonds. The van der Waals surface area contributed by atoms with Crippen LogP contribution in [0, 0.1) is 0 Å². The van der Waals surface area contributed by atoms with E-state index in [2.05, 4.69) is 6.58 Å². The van der Waals surface area contributed by atoms with Crippen molar-refractivity contribution in [2.24, 2.45) is 0 Å². The molecule has 0 spiro atoms. The molecule has 4 nitrogen and oxygen atoms in total. The molecule has 0 saturated carbocycles. The molecule has 0 fully saturated rings. The Morgan fingerprint density at radius 3 is 2.69 bits per heavy atom. The summed E-state index contributed by atoms with van der Waals surface area (Å²) in [6.45, 7) is 6.10. The molecule has 0 bridgehead atoms. The number of aromatic carboxylic acids is 1. The number of carbonyl (C=O) groups is 1. The lowest BCUT2D eigenvalue weighted by Gasteiger charge is -2.11. The highest BCUT2D eigenvalue weighted by Crippen LogP contribution is 2.26. The van der Waals surface area contributed by atoms with E-state index in [9.17, 15) is 4.79 Å². The zero-order valence-electron chi connectivity index (χ0n) is 9.32. The number of hydrogen-bond acceptors (Lipinski definition) is 3. The summed E-state index contributed by atoms with van der Waals surface area (Å²) in [7, 11) is 1.48. The van der Waals surface area contributed by atoms with E-state index >= 15 is 0 Å². The summed E-state index contributed by atoms with van der Waals surface area (Å²) in [5, 5.41) is 8.83. The van der Waals surface area contributed by atoms with Gasteiger partial charge in [-0.05, 0) is 25.1 Å². The lowest BCUT2D eigenvalue weighted by atomic mass is 10.1. The first kappa shape index (κ1) is 12.1. The predicted octanol–water partition coefficient (Wildman–Crippen LogP) is 2.40. The number of methoxy groups -OCH3 is 1. The van der Waals surface area contributed by atoms with Gasteiger partial charge in [-0.1, -0.05) is 6.58 Å². The molecule has 0 aliphatic rings. The van der Waals surface area contributed by atoms with Crippen LogP contribution in [0.2, 0.25) is 0 Å². The van der Waals surface area contributed by atoms with Crippen LogP contribution in [0.3, 0.4) is 0 Å². The highest BCUT2D eigenvalue weighted by Gasteiger charge is 2.11. The molecule has 1 aromatic rings. The van der Waals surface area contributed by atoms with Gasteiger partial charge in [0.25, 0.3) is 0 Å². The maximum absolute atomic E-state index is 10.8. The number of hydrogen-bond donors (Lipinski definition) is 1. The number of benzene rings is 1. The van der Waals surface area contributed by atoms with Gasteiger partial charge in [-0.2, -0.15) is 0 Å². The summed E-state index contributed by atoms with van der Waals surface area (Å²) in [4.78, 5) is 10.8. The maximum atomic E-state index is 10.8. The zero-order chi connectivity index (χ0) is 12.1. The maximum Gasteiger partial charge on any atom is 0.335 e. The van der Waals surface area contributed by atoms with Crippen LogP contribution in [0.25, 0.3) is 5.76 Å². The van der Waals surface area contributed by atoms with Crippen molar-refractivity contribution in [3.05, 3.63) is 35.9 Å². The van der Waals surface area contributed by atoms with Crippen LogP contribution < -0.4 is 4.74 Å². The largest absolute Gasteiger partial charge is 0.496 e. The predicted molar refractivity (Wildman–Crippen MR) is 60.6 cm³/mol. The first-order chi connectivity index (χ1) is 7.60. The Morgan fingerprint density at radius 2 is 2.19 bits per heavy atom. The molecule has 0 aliphatic carbocycles. The van der Waals surface area contributed by atoms with Crippen molar-refractivity contribution in [2.45, 2.75) is 6.92 Å². The monoisotopic (exact) mass is 222 g/mol. The molecule has 0 radical (unpaired) electrons. The normalized spacial score (nSPS) is 9.62. The van der Waals surface area contributed by atoms with Crippen LogP contribution in [0.5, 0.6) is 5.75 Å². The third-order valence-corrected chi connectivity index (χ3v) is 2.07. The number of carboxylic acid groups (broad SMARTS) is 1. The fourth-order valence-electron chi connectivity index (χ4n) is 1.31. The summed E-state index contributed by atoms with van der Waals surface area (Å²) in [5.41, 5.74) is 0.833. The second kappa shape index (κ2) is 5.21. The summed E-state index contributed by atoms with van der Waals surface area (Å²) in [6.07, 6.45) is 0. The van der Waals surface area contributed by atoms with Gasteiger partial charge in [-0.25, -0.2) is 4.79 Å². The highest BCUT2D eigenvalue weighted by molar-refractivity contribution is 5.89. The molecule has 0 aliphatic heterocycles. The van der Waals surface area contributed by atoms with Crippen molar-refractivity contribution in [3.63, 3.8) is 0 Å².